The smallest absolute Gasteiger partial charge is 0.408 e. The highest BCUT2D eigenvalue weighted by Gasteiger charge is 2.32. The number of halogens is 5. The topological polar surface area (TPSA) is 80.2 Å². The lowest BCUT2D eigenvalue weighted by atomic mass is 10.1. The minimum absolute atomic E-state index is 0.105. The molecule has 2 aromatic carbocycles. The molecule has 37 heavy (non-hydrogen) atoms. The lowest BCUT2D eigenvalue weighted by Gasteiger charge is -2.29. The zero-order chi connectivity index (χ0) is 27.9. The van der Waals surface area contributed by atoms with Crippen molar-refractivity contribution in [3.8, 4) is 0 Å². The molecule has 1 atom stereocenters. The van der Waals surface area contributed by atoms with Gasteiger partial charge >= 0.3 is 12.1 Å². The van der Waals surface area contributed by atoms with E-state index < -0.39 is 58.4 Å². The number of oxime groups is 1. The zero-order valence-electron chi connectivity index (χ0n) is 20.6. The van der Waals surface area contributed by atoms with Crippen molar-refractivity contribution in [1.82, 2.24) is 10.2 Å². The largest absolute Gasteiger partial charge is 0.444 e. The number of amidine groups is 1. The minimum Gasteiger partial charge on any atom is -0.444 e. The van der Waals surface area contributed by atoms with Crippen LogP contribution in [0.2, 0.25) is 0 Å². The maximum absolute atomic E-state index is 14.1. The van der Waals surface area contributed by atoms with Crippen molar-refractivity contribution in [2.75, 3.05) is 6.54 Å². The van der Waals surface area contributed by atoms with Gasteiger partial charge in [-0.2, -0.15) is 0 Å². The van der Waals surface area contributed by atoms with Crippen LogP contribution >= 0.6 is 0 Å². The van der Waals surface area contributed by atoms with Crippen LogP contribution in [0.1, 0.15) is 43.6 Å². The Bertz CT molecular complexity index is 1150. The molecule has 0 bridgehead atoms. The Morgan fingerprint density at radius 1 is 1.03 bits per heavy atom. The van der Waals surface area contributed by atoms with Crippen LogP contribution in [0, 0.1) is 29.1 Å². The van der Waals surface area contributed by atoms with E-state index in [-0.39, 0.29) is 18.9 Å². The van der Waals surface area contributed by atoms with Gasteiger partial charge in [-0.1, -0.05) is 41.6 Å². The third-order valence-corrected chi connectivity index (χ3v) is 4.65. The van der Waals surface area contributed by atoms with Crippen molar-refractivity contribution >= 4 is 17.9 Å². The van der Waals surface area contributed by atoms with Crippen molar-refractivity contribution in [2.45, 2.75) is 45.9 Å². The number of hydrogen-bond donors (Lipinski definition) is 1. The van der Waals surface area contributed by atoms with Crippen LogP contribution < -0.4 is 5.32 Å². The number of hydrogen-bond acceptors (Lipinski definition) is 5. The number of carbonyl (C=O) groups is 2. The molecule has 1 N–H and O–H groups in total. The van der Waals surface area contributed by atoms with E-state index in [1.54, 1.807) is 51.1 Å². The number of nitrogens with one attached hydrogen (secondary N) is 1. The fraction of sp³-hybridized carbons (Fsp3) is 0.320. The Hall–Kier alpha value is -3.96. The average Bonchev–Trinajstić information content (AvgIpc) is 2.81. The summed E-state index contributed by atoms with van der Waals surface area (Å²) in [5, 5.41) is 6.13. The van der Waals surface area contributed by atoms with Crippen LogP contribution in [0.5, 0.6) is 0 Å². The second-order valence-corrected chi connectivity index (χ2v) is 8.80. The normalized spacial score (nSPS) is 12.5. The monoisotopic (exact) mass is 527 g/mol. The van der Waals surface area contributed by atoms with Crippen LogP contribution in [0.25, 0.3) is 0 Å². The predicted molar refractivity (Wildman–Crippen MR) is 125 cm³/mol. The molecule has 0 aliphatic heterocycles. The summed E-state index contributed by atoms with van der Waals surface area (Å²) < 4.78 is 73.8. The van der Waals surface area contributed by atoms with E-state index in [2.05, 4.69) is 21.9 Å². The highest BCUT2D eigenvalue weighted by Crippen LogP contribution is 2.24. The fourth-order valence-electron chi connectivity index (χ4n) is 3.08. The standard InChI is InChI=1S/C25H26F5N3O4/c1-6-12-33(13-15-10-8-7-9-11-15)22(14(2)31-24(35)36-25(3,4)5)32-37-23(34)16-17(26)19(28)21(30)20(29)18(16)27/h6-11,14H,1,12-13H2,2-5H3,(H,31,35)/b32-22-/t14-/m0/s1. The zero-order valence-corrected chi connectivity index (χ0v) is 20.6. The highest BCUT2D eigenvalue weighted by molar-refractivity contribution is 5.93. The van der Waals surface area contributed by atoms with Crippen LogP contribution in [-0.4, -0.2) is 41.0 Å². The number of alkyl carbamates (subject to hydrolysis) is 1. The summed E-state index contributed by atoms with van der Waals surface area (Å²) in [6.07, 6.45) is 0.627. The number of benzene rings is 2. The first-order valence-electron chi connectivity index (χ1n) is 11.0. The third-order valence-electron chi connectivity index (χ3n) is 4.65. The molecule has 0 saturated carbocycles. The average molecular weight is 527 g/mol. The van der Waals surface area contributed by atoms with Crippen LogP contribution in [0.3, 0.4) is 0 Å². The Morgan fingerprint density at radius 2 is 1.57 bits per heavy atom. The maximum atomic E-state index is 14.1. The first-order valence-corrected chi connectivity index (χ1v) is 11.0. The van der Waals surface area contributed by atoms with Gasteiger partial charge in [0, 0.05) is 13.1 Å². The number of rotatable bonds is 8. The molecular weight excluding hydrogens is 501 g/mol. The fourth-order valence-corrected chi connectivity index (χ4v) is 3.08. The molecule has 0 unspecified atom stereocenters. The highest BCUT2D eigenvalue weighted by atomic mass is 19.2. The third kappa shape index (κ3) is 7.76. The lowest BCUT2D eigenvalue weighted by Crippen LogP contribution is -2.48. The summed E-state index contributed by atoms with van der Waals surface area (Å²) in [5.41, 5.74) is -1.89. The predicted octanol–water partition coefficient (Wildman–Crippen LogP) is 5.45. The van der Waals surface area contributed by atoms with Gasteiger partial charge in [0.2, 0.25) is 5.82 Å². The van der Waals surface area contributed by atoms with E-state index in [0.717, 1.165) is 5.56 Å². The Kier molecular flexibility index (Phi) is 9.75. The van der Waals surface area contributed by atoms with Gasteiger partial charge in [-0.3, -0.25) is 0 Å². The van der Waals surface area contributed by atoms with Crippen molar-refractivity contribution in [1.29, 1.82) is 0 Å². The molecule has 0 heterocycles. The molecule has 12 heteroatoms. The van der Waals surface area contributed by atoms with Gasteiger partial charge in [-0.05, 0) is 33.3 Å². The van der Waals surface area contributed by atoms with E-state index >= 15 is 0 Å². The molecule has 0 spiro atoms. The van der Waals surface area contributed by atoms with Gasteiger partial charge < -0.3 is 19.8 Å². The number of nitrogens with zero attached hydrogens (tertiary/aromatic N) is 2. The van der Waals surface area contributed by atoms with Crippen LogP contribution in [-0.2, 0) is 16.1 Å². The van der Waals surface area contributed by atoms with E-state index in [1.165, 1.54) is 17.9 Å². The van der Waals surface area contributed by atoms with Crippen LogP contribution in [0.15, 0.2) is 48.1 Å². The lowest BCUT2D eigenvalue weighted by molar-refractivity contribution is 0.0489. The molecule has 7 nitrogen and oxygen atoms in total. The Labute approximate surface area is 210 Å². The van der Waals surface area contributed by atoms with E-state index in [0.29, 0.717) is 0 Å². The number of amides is 1. The van der Waals surface area contributed by atoms with E-state index in [4.69, 9.17) is 4.74 Å². The molecule has 0 aliphatic rings. The molecule has 2 rings (SSSR count). The molecule has 0 aliphatic carbocycles. The van der Waals surface area contributed by atoms with Crippen molar-refractivity contribution in [3.05, 3.63) is 83.2 Å². The first-order chi connectivity index (χ1) is 17.3. The number of ether oxygens (including phenoxy) is 1. The first kappa shape index (κ1) is 29.3. The molecule has 0 aromatic heterocycles. The molecule has 0 saturated heterocycles. The molecule has 1 amide bonds. The van der Waals surface area contributed by atoms with Gasteiger partial charge in [0.25, 0.3) is 0 Å². The van der Waals surface area contributed by atoms with E-state index in [9.17, 15) is 31.5 Å². The Balaban J connectivity index is 2.46. The summed E-state index contributed by atoms with van der Waals surface area (Å²) in [6.45, 7) is 10.3. The molecule has 0 radical (unpaired) electrons. The molecule has 0 fully saturated rings. The minimum atomic E-state index is -2.43. The quantitative estimate of drug-likeness (QED) is 0.0722. The van der Waals surface area contributed by atoms with Gasteiger partial charge in [-0.25, -0.2) is 31.5 Å². The Morgan fingerprint density at radius 3 is 2.08 bits per heavy atom. The second kappa shape index (κ2) is 12.3. The van der Waals surface area contributed by atoms with Crippen LogP contribution in [0.4, 0.5) is 26.7 Å². The molecule has 2 aromatic rings. The SMILES string of the molecule is C=CCN(Cc1ccccc1)/C(=N\OC(=O)c1c(F)c(F)c(F)c(F)c1F)[C@H](C)NC(=O)OC(C)(C)C. The molecular formula is C25H26F5N3O4. The maximum Gasteiger partial charge on any atom is 0.408 e. The summed E-state index contributed by atoms with van der Waals surface area (Å²) in [4.78, 5) is 30.8. The summed E-state index contributed by atoms with van der Waals surface area (Å²) >= 11 is 0. The molecule has 200 valence electrons. The summed E-state index contributed by atoms with van der Waals surface area (Å²) in [7, 11) is 0. The summed E-state index contributed by atoms with van der Waals surface area (Å²) in [5.74, 6) is -13.9. The van der Waals surface area contributed by atoms with Crippen molar-refractivity contribution < 1.29 is 41.1 Å². The van der Waals surface area contributed by atoms with E-state index in [1.807, 2.05) is 0 Å². The van der Waals surface area contributed by atoms with Crippen molar-refractivity contribution in [3.63, 3.8) is 0 Å². The van der Waals surface area contributed by atoms with Crippen molar-refractivity contribution in [2.24, 2.45) is 5.16 Å². The van der Waals surface area contributed by atoms with Gasteiger partial charge in [0.1, 0.15) is 11.2 Å². The van der Waals surface area contributed by atoms with Gasteiger partial charge in [-0.15, -0.1) is 6.58 Å². The van der Waals surface area contributed by atoms with Gasteiger partial charge in [0.15, 0.2) is 29.1 Å². The second-order valence-electron chi connectivity index (χ2n) is 8.80. The van der Waals surface area contributed by atoms with Gasteiger partial charge in [0.05, 0.1) is 6.04 Å². The number of carbonyl (C=O) groups excluding carboxylic acids is 2. The summed E-state index contributed by atoms with van der Waals surface area (Å²) in [6, 6.07) is 7.87.